The molecule has 4 aromatic carbocycles. The molecule has 7 rings (SSSR count). The number of nitrogens with one attached hydrogen (secondary N) is 4. The number of amides is 2. The molecule has 0 aliphatic rings. The number of hydrogen-bond donors (Lipinski definition) is 4. The summed E-state index contributed by atoms with van der Waals surface area (Å²) in [6, 6.07) is 35.1. The van der Waals surface area contributed by atoms with Gasteiger partial charge in [-0.1, -0.05) is 54.6 Å². The number of aromatic nitrogens is 5. The summed E-state index contributed by atoms with van der Waals surface area (Å²) in [5.41, 5.74) is 6.65. The van der Waals surface area contributed by atoms with Crippen molar-refractivity contribution in [3.63, 3.8) is 0 Å². The molecule has 9 heteroatoms. The van der Waals surface area contributed by atoms with Crippen LogP contribution in [0.4, 0.5) is 11.4 Å². The first-order valence-electron chi connectivity index (χ1n) is 13.3. The van der Waals surface area contributed by atoms with Gasteiger partial charge in [0.1, 0.15) is 23.0 Å². The Hall–Kier alpha value is -6.09. The smallest absolute Gasteiger partial charge is 0.274 e. The molecular weight excluding hydrogens is 526 g/mol. The zero-order chi connectivity index (χ0) is 28.5. The molecule has 0 aliphatic carbocycles. The van der Waals surface area contributed by atoms with E-state index in [-0.39, 0.29) is 11.4 Å². The van der Waals surface area contributed by atoms with E-state index in [4.69, 9.17) is 0 Å². The zero-order valence-corrected chi connectivity index (χ0v) is 22.1. The predicted octanol–water partition coefficient (Wildman–Crippen LogP) is 6.67. The Labute approximate surface area is 239 Å². The molecule has 4 N–H and O–H groups in total. The van der Waals surface area contributed by atoms with Gasteiger partial charge in [-0.15, -0.1) is 0 Å². The van der Waals surface area contributed by atoms with E-state index in [9.17, 15) is 9.59 Å². The van der Waals surface area contributed by atoms with Crippen LogP contribution >= 0.6 is 0 Å². The first-order valence-corrected chi connectivity index (χ1v) is 13.3. The molecule has 3 heterocycles. The second-order valence-electron chi connectivity index (χ2n) is 9.68. The number of carbonyl (C=O) groups is 2. The molecule has 0 fully saturated rings. The third-order valence-electron chi connectivity index (χ3n) is 6.78. The highest BCUT2D eigenvalue weighted by Crippen LogP contribution is 2.25. The highest BCUT2D eigenvalue weighted by atomic mass is 16.2. The first kappa shape index (κ1) is 24.9. The van der Waals surface area contributed by atoms with E-state index in [1.165, 1.54) is 0 Å². The van der Waals surface area contributed by atoms with Crippen LogP contribution in [0.2, 0.25) is 0 Å². The third kappa shape index (κ3) is 4.98. The first-order chi connectivity index (χ1) is 20.6. The van der Waals surface area contributed by atoms with Crippen molar-refractivity contribution in [2.75, 3.05) is 10.6 Å². The zero-order valence-electron chi connectivity index (χ0n) is 22.1. The fourth-order valence-corrected chi connectivity index (χ4v) is 4.75. The third-order valence-corrected chi connectivity index (χ3v) is 6.78. The van der Waals surface area contributed by atoms with E-state index in [2.05, 4.69) is 35.6 Å². The summed E-state index contributed by atoms with van der Waals surface area (Å²) in [7, 11) is 0. The fourth-order valence-electron chi connectivity index (χ4n) is 4.75. The van der Waals surface area contributed by atoms with Gasteiger partial charge in [-0.25, -0.2) is 15.0 Å². The van der Waals surface area contributed by atoms with Gasteiger partial charge in [0.2, 0.25) is 0 Å². The Balaban J connectivity index is 1.06. The summed E-state index contributed by atoms with van der Waals surface area (Å²) in [6.07, 6.45) is 0. The Morgan fingerprint density at radius 2 is 0.952 bits per heavy atom. The van der Waals surface area contributed by atoms with Gasteiger partial charge in [0, 0.05) is 22.5 Å². The number of pyridine rings is 1. The number of benzene rings is 4. The van der Waals surface area contributed by atoms with Crippen LogP contribution in [0.15, 0.2) is 115 Å². The Bertz CT molecular complexity index is 1900. The molecule has 2 amide bonds. The van der Waals surface area contributed by atoms with Crippen LogP contribution in [0, 0.1) is 0 Å². The van der Waals surface area contributed by atoms with Crippen molar-refractivity contribution in [3.05, 3.63) is 127 Å². The minimum atomic E-state index is -0.432. The van der Waals surface area contributed by atoms with Crippen LogP contribution in [0.3, 0.4) is 0 Å². The van der Waals surface area contributed by atoms with E-state index in [0.717, 1.165) is 33.2 Å². The number of nitrogens with zero attached hydrogens (tertiary/aromatic N) is 3. The molecule has 0 saturated carbocycles. The summed E-state index contributed by atoms with van der Waals surface area (Å²) >= 11 is 0. The lowest BCUT2D eigenvalue weighted by atomic mass is 10.2. The second-order valence-corrected chi connectivity index (χ2v) is 9.68. The standard InChI is InChI=1S/C33H23N7O2/c41-32(34-22-10-5-8-20(18-22)30-37-24-12-1-2-13-25(24)38-30)28-16-7-17-29(36-28)33(42)35-23-11-6-9-21(19-23)31-39-26-14-3-4-15-27(26)40-31/h1-19H,(H,34,41)(H,35,42)(H,37,38)(H,39,40). The van der Waals surface area contributed by atoms with E-state index < -0.39 is 11.8 Å². The monoisotopic (exact) mass is 549 g/mol. The molecule has 9 nitrogen and oxygen atoms in total. The van der Waals surface area contributed by atoms with E-state index in [1.54, 1.807) is 30.3 Å². The van der Waals surface area contributed by atoms with Gasteiger partial charge in [-0.2, -0.15) is 0 Å². The maximum Gasteiger partial charge on any atom is 0.274 e. The molecular formula is C33H23N7O2. The van der Waals surface area contributed by atoms with Gasteiger partial charge in [-0.05, 0) is 60.7 Å². The lowest BCUT2D eigenvalue weighted by Gasteiger charge is -2.09. The van der Waals surface area contributed by atoms with Crippen LogP contribution in [-0.4, -0.2) is 36.7 Å². The maximum absolute atomic E-state index is 13.1. The lowest BCUT2D eigenvalue weighted by molar-refractivity contribution is 0.101. The fraction of sp³-hybridized carbons (Fsp3) is 0. The summed E-state index contributed by atoms with van der Waals surface area (Å²) in [4.78, 5) is 46.3. The Kier molecular flexibility index (Phi) is 6.21. The van der Waals surface area contributed by atoms with Crippen LogP contribution < -0.4 is 10.6 Å². The van der Waals surface area contributed by atoms with Crippen molar-refractivity contribution in [1.82, 2.24) is 24.9 Å². The molecule has 0 radical (unpaired) electrons. The number of carbonyl (C=O) groups excluding carboxylic acids is 2. The quantitative estimate of drug-likeness (QED) is 0.184. The number of imidazole rings is 2. The Morgan fingerprint density at radius 3 is 1.43 bits per heavy atom. The minimum Gasteiger partial charge on any atom is -0.338 e. The van der Waals surface area contributed by atoms with E-state index in [1.807, 2.05) is 84.9 Å². The van der Waals surface area contributed by atoms with Gasteiger partial charge in [0.25, 0.3) is 11.8 Å². The average molecular weight is 550 g/mol. The topological polar surface area (TPSA) is 128 Å². The largest absolute Gasteiger partial charge is 0.338 e. The molecule has 42 heavy (non-hydrogen) atoms. The molecule has 202 valence electrons. The van der Waals surface area contributed by atoms with Crippen LogP contribution in [-0.2, 0) is 0 Å². The minimum absolute atomic E-state index is 0.118. The van der Waals surface area contributed by atoms with Gasteiger partial charge in [0.05, 0.1) is 22.1 Å². The predicted molar refractivity (Wildman–Crippen MR) is 163 cm³/mol. The number of para-hydroxylation sites is 4. The maximum atomic E-state index is 13.1. The highest BCUT2D eigenvalue weighted by molar-refractivity contribution is 6.06. The van der Waals surface area contributed by atoms with Crippen molar-refractivity contribution in [2.45, 2.75) is 0 Å². The van der Waals surface area contributed by atoms with Crippen molar-refractivity contribution in [2.24, 2.45) is 0 Å². The number of hydrogen-bond acceptors (Lipinski definition) is 5. The molecule has 3 aromatic heterocycles. The second kappa shape index (κ2) is 10.5. The number of H-pyrrole nitrogens is 2. The highest BCUT2D eigenvalue weighted by Gasteiger charge is 2.15. The molecule has 0 aliphatic heterocycles. The number of rotatable bonds is 6. The normalized spacial score (nSPS) is 11.0. The van der Waals surface area contributed by atoms with E-state index >= 15 is 0 Å². The number of fused-ring (bicyclic) bond motifs is 2. The van der Waals surface area contributed by atoms with Crippen molar-refractivity contribution >= 4 is 45.3 Å². The van der Waals surface area contributed by atoms with Crippen molar-refractivity contribution < 1.29 is 9.59 Å². The Morgan fingerprint density at radius 1 is 0.500 bits per heavy atom. The van der Waals surface area contributed by atoms with E-state index in [0.29, 0.717) is 23.0 Å². The van der Waals surface area contributed by atoms with Crippen molar-refractivity contribution in [3.8, 4) is 22.8 Å². The van der Waals surface area contributed by atoms with Crippen LogP contribution in [0.5, 0.6) is 0 Å². The number of aromatic amines is 2. The SMILES string of the molecule is O=C(Nc1cccc(-c2nc3ccccc3[nH]2)c1)c1cccc(C(=O)Nc2cccc(-c3nc4ccccc4[nH]3)c2)n1. The molecule has 0 atom stereocenters. The van der Waals surface area contributed by atoms with Gasteiger partial charge >= 0.3 is 0 Å². The van der Waals surface area contributed by atoms with Crippen LogP contribution in [0.25, 0.3) is 44.8 Å². The van der Waals surface area contributed by atoms with Gasteiger partial charge in [0.15, 0.2) is 0 Å². The molecule has 0 bridgehead atoms. The molecule has 0 unspecified atom stereocenters. The van der Waals surface area contributed by atoms with Gasteiger partial charge in [-0.3, -0.25) is 9.59 Å². The average Bonchev–Trinajstić information content (AvgIpc) is 3.66. The molecule has 0 saturated heterocycles. The summed E-state index contributed by atoms with van der Waals surface area (Å²) in [6.45, 7) is 0. The lowest BCUT2D eigenvalue weighted by Crippen LogP contribution is -2.18. The molecule has 7 aromatic rings. The van der Waals surface area contributed by atoms with Crippen molar-refractivity contribution in [1.29, 1.82) is 0 Å². The summed E-state index contributed by atoms with van der Waals surface area (Å²) < 4.78 is 0. The number of anilines is 2. The summed E-state index contributed by atoms with van der Waals surface area (Å²) in [5, 5.41) is 5.74. The summed E-state index contributed by atoms with van der Waals surface area (Å²) in [5.74, 6) is 0.540. The van der Waals surface area contributed by atoms with Gasteiger partial charge < -0.3 is 20.6 Å². The van der Waals surface area contributed by atoms with Crippen LogP contribution in [0.1, 0.15) is 21.0 Å². The molecule has 0 spiro atoms.